The Hall–Kier alpha value is -1.75. The lowest BCUT2D eigenvalue weighted by atomic mass is 10.1. The minimum Gasteiger partial charge on any atom is -0.494 e. The quantitative estimate of drug-likeness (QED) is 0.637. The summed E-state index contributed by atoms with van der Waals surface area (Å²) in [6.45, 7) is 2.39. The van der Waals surface area contributed by atoms with Crippen molar-refractivity contribution in [1.29, 1.82) is 0 Å². The van der Waals surface area contributed by atoms with Crippen molar-refractivity contribution < 1.29 is 14.6 Å². The third kappa shape index (κ3) is 2.60. The molecule has 0 saturated heterocycles. The van der Waals surface area contributed by atoms with Gasteiger partial charge in [-0.15, -0.1) is 0 Å². The Morgan fingerprint density at radius 1 is 1.60 bits per heavy atom. The Labute approximate surface area is 87.6 Å². The lowest BCUT2D eigenvalue weighted by Crippen LogP contribution is -2.21. The number of rotatable bonds is 4. The first-order valence-corrected chi connectivity index (χ1v) is 4.57. The molecule has 0 bridgehead atoms. The van der Waals surface area contributed by atoms with Gasteiger partial charge >= 0.3 is 5.97 Å². The highest BCUT2D eigenvalue weighted by Gasteiger charge is 2.17. The van der Waals surface area contributed by atoms with Gasteiger partial charge in [-0.25, -0.2) is 0 Å². The Morgan fingerprint density at radius 2 is 2.27 bits per heavy atom. The van der Waals surface area contributed by atoms with Crippen LogP contribution in [0.25, 0.3) is 0 Å². The number of hydrogen-bond acceptors (Lipinski definition) is 4. The average molecular weight is 210 g/mol. The fraction of sp³-hybridized carbons (Fsp3) is 0.300. The second kappa shape index (κ2) is 4.65. The molecule has 0 aliphatic carbocycles. The highest BCUT2D eigenvalue weighted by molar-refractivity contribution is 5.78. The molecule has 1 unspecified atom stereocenters. The number of carboxylic acid groups (broad SMARTS) is 1. The third-order valence-electron chi connectivity index (χ3n) is 1.97. The van der Waals surface area contributed by atoms with E-state index in [0.29, 0.717) is 23.6 Å². The first-order chi connectivity index (χ1) is 7.06. The van der Waals surface area contributed by atoms with Gasteiger partial charge < -0.3 is 21.3 Å². The normalized spacial score (nSPS) is 12.1. The summed E-state index contributed by atoms with van der Waals surface area (Å²) < 4.78 is 5.21. The van der Waals surface area contributed by atoms with Gasteiger partial charge in [0.25, 0.3) is 0 Å². The first kappa shape index (κ1) is 11.3. The molecule has 0 fully saturated rings. The van der Waals surface area contributed by atoms with E-state index in [9.17, 15) is 4.79 Å². The minimum absolute atomic E-state index is 0.329. The van der Waals surface area contributed by atoms with Gasteiger partial charge in [-0.2, -0.15) is 0 Å². The van der Waals surface area contributed by atoms with Gasteiger partial charge in [0, 0.05) is 17.3 Å². The summed E-state index contributed by atoms with van der Waals surface area (Å²) in [5.74, 6) is -0.498. The number of carboxylic acids is 1. The smallest absolute Gasteiger partial charge is 0.325 e. The fourth-order valence-electron chi connectivity index (χ4n) is 1.23. The van der Waals surface area contributed by atoms with Crippen LogP contribution in [0, 0.1) is 0 Å². The number of benzene rings is 1. The first-order valence-electron chi connectivity index (χ1n) is 4.57. The van der Waals surface area contributed by atoms with E-state index in [1.165, 1.54) is 0 Å². The van der Waals surface area contributed by atoms with E-state index < -0.39 is 12.0 Å². The van der Waals surface area contributed by atoms with E-state index in [2.05, 4.69) is 0 Å². The molecule has 1 rings (SSSR count). The molecule has 5 heteroatoms. The molecule has 0 heterocycles. The van der Waals surface area contributed by atoms with Gasteiger partial charge in [0.05, 0.1) is 6.61 Å². The standard InChI is InChI=1S/C10H14N2O3/c1-2-15-6-3-4-7(8(11)5-6)9(12)10(13)14/h3-5,9H,2,11-12H2,1H3,(H,13,14). The molecule has 1 aromatic carbocycles. The molecule has 15 heavy (non-hydrogen) atoms. The van der Waals surface area contributed by atoms with Crippen LogP contribution in [-0.2, 0) is 4.79 Å². The Balaban J connectivity index is 2.97. The minimum atomic E-state index is -1.11. The molecule has 82 valence electrons. The second-order valence-electron chi connectivity index (χ2n) is 3.04. The maximum absolute atomic E-state index is 10.7. The molecule has 0 radical (unpaired) electrons. The zero-order valence-corrected chi connectivity index (χ0v) is 8.43. The van der Waals surface area contributed by atoms with Crippen LogP contribution in [0.1, 0.15) is 18.5 Å². The summed E-state index contributed by atoms with van der Waals surface area (Å²) in [7, 11) is 0. The number of ether oxygens (including phenoxy) is 1. The highest BCUT2D eigenvalue weighted by Crippen LogP contribution is 2.24. The number of aliphatic carboxylic acids is 1. The van der Waals surface area contributed by atoms with Crippen LogP contribution in [0.2, 0.25) is 0 Å². The van der Waals surface area contributed by atoms with E-state index in [1.807, 2.05) is 6.92 Å². The van der Waals surface area contributed by atoms with Gasteiger partial charge in [0.1, 0.15) is 11.8 Å². The maximum Gasteiger partial charge on any atom is 0.325 e. The molecule has 1 atom stereocenters. The number of nitrogen functional groups attached to an aromatic ring is 1. The van der Waals surface area contributed by atoms with Crippen molar-refractivity contribution in [2.24, 2.45) is 5.73 Å². The maximum atomic E-state index is 10.7. The summed E-state index contributed by atoms with van der Waals surface area (Å²) in [6, 6.07) is 3.69. The number of anilines is 1. The third-order valence-corrected chi connectivity index (χ3v) is 1.97. The predicted molar refractivity (Wildman–Crippen MR) is 56.6 cm³/mol. The molecule has 0 amide bonds. The summed E-state index contributed by atoms with van der Waals surface area (Å²) in [6.07, 6.45) is 0. The van der Waals surface area contributed by atoms with Crippen molar-refractivity contribution in [2.45, 2.75) is 13.0 Å². The molecule has 0 spiro atoms. The van der Waals surface area contributed by atoms with Gasteiger partial charge in [-0.1, -0.05) is 6.07 Å². The molecule has 0 aliphatic heterocycles. The Bertz CT molecular complexity index is 366. The van der Waals surface area contributed by atoms with Crippen LogP contribution in [0.4, 0.5) is 5.69 Å². The molecule has 5 nitrogen and oxygen atoms in total. The van der Waals surface area contributed by atoms with Crippen LogP contribution >= 0.6 is 0 Å². The molecule has 0 aliphatic rings. The number of hydrogen-bond donors (Lipinski definition) is 3. The van der Waals surface area contributed by atoms with Crippen LogP contribution < -0.4 is 16.2 Å². The zero-order valence-electron chi connectivity index (χ0n) is 8.43. The SMILES string of the molecule is CCOc1ccc(C(N)C(=O)O)c(N)c1. The van der Waals surface area contributed by atoms with Crippen LogP contribution in [-0.4, -0.2) is 17.7 Å². The van der Waals surface area contributed by atoms with Crippen molar-refractivity contribution in [3.05, 3.63) is 23.8 Å². The van der Waals surface area contributed by atoms with Crippen molar-refractivity contribution >= 4 is 11.7 Å². The van der Waals surface area contributed by atoms with Crippen molar-refractivity contribution in [1.82, 2.24) is 0 Å². The molecular weight excluding hydrogens is 196 g/mol. The molecule has 0 aromatic heterocycles. The highest BCUT2D eigenvalue weighted by atomic mass is 16.5. The van der Waals surface area contributed by atoms with E-state index in [4.69, 9.17) is 21.3 Å². The van der Waals surface area contributed by atoms with E-state index in [1.54, 1.807) is 18.2 Å². The predicted octanol–water partition coefficient (Wildman–Crippen LogP) is 0.752. The van der Waals surface area contributed by atoms with Crippen LogP contribution in [0.15, 0.2) is 18.2 Å². The van der Waals surface area contributed by atoms with Crippen LogP contribution in [0.5, 0.6) is 5.75 Å². The number of carbonyl (C=O) groups is 1. The summed E-state index contributed by atoms with van der Waals surface area (Å²) >= 11 is 0. The van der Waals surface area contributed by atoms with E-state index in [0.717, 1.165) is 0 Å². The Kier molecular flexibility index (Phi) is 3.51. The molecule has 5 N–H and O–H groups in total. The zero-order chi connectivity index (χ0) is 11.4. The topological polar surface area (TPSA) is 98.6 Å². The van der Waals surface area contributed by atoms with E-state index in [-0.39, 0.29) is 0 Å². The molecule has 1 aromatic rings. The largest absolute Gasteiger partial charge is 0.494 e. The van der Waals surface area contributed by atoms with Crippen molar-refractivity contribution in [3.8, 4) is 5.75 Å². The lowest BCUT2D eigenvalue weighted by Gasteiger charge is -2.11. The molecule has 0 saturated carbocycles. The summed E-state index contributed by atoms with van der Waals surface area (Å²) in [4.78, 5) is 10.7. The van der Waals surface area contributed by atoms with Crippen molar-refractivity contribution in [2.75, 3.05) is 12.3 Å². The van der Waals surface area contributed by atoms with Crippen molar-refractivity contribution in [3.63, 3.8) is 0 Å². The summed E-state index contributed by atoms with van der Waals surface area (Å²) in [5, 5.41) is 8.72. The summed E-state index contributed by atoms with van der Waals surface area (Å²) in [5.41, 5.74) is 11.8. The fourth-order valence-corrected chi connectivity index (χ4v) is 1.23. The van der Waals surface area contributed by atoms with Gasteiger partial charge in [-0.3, -0.25) is 4.79 Å². The monoisotopic (exact) mass is 210 g/mol. The van der Waals surface area contributed by atoms with Gasteiger partial charge in [-0.05, 0) is 13.0 Å². The number of nitrogens with two attached hydrogens (primary N) is 2. The second-order valence-corrected chi connectivity index (χ2v) is 3.04. The average Bonchev–Trinajstić information content (AvgIpc) is 2.17. The van der Waals surface area contributed by atoms with Gasteiger partial charge in [0.15, 0.2) is 0 Å². The Morgan fingerprint density at radius 3 is 2.73 bits per heavy atom. The van der Waals surface area contributed by atoms with Crippen LogP contribution in [0.3, 0.4) is 0 Å². The molecular formula is C10H14N2O3. The van der Waals surface area contributed by atoms with Gasteiger partial charge in [0.2, 0.25) is 0 Å². The lowest BCUT2D eigenvalue weighted by molar-refractivity contribution is -0.138. The van der Waals surface area contributed by atoms with E-state index >= 15 is 0 Å².